The van der Waals surface area contributed by atoms with E-state index in [1.165, 1.54) is 23.1 Å². The minimum Gasteiger partial charge on any atom is -0.482 e. The molecule has 0 bridgehead atoms. The second kappa shape index (κ2) is 9.46. The van der Waals surface area contributed by atoms with Crippen LogP contribution in [-0.2, 0) is 16.1 Å². The van der Waals surface area contributed by atoms with E-state index in [4.69, 9.17) is 32.7 Å². The van der Waals surface area contributed by atoms with Crippen molar-refractivity contribution in [1.29, 1.82) is 0 Å². The molecule has 0 saturated carbocycles. The molecule has 2 amide bonds. The zero-order valence-electron chi connectivity index (χ0n) is 16.6. The van der Waals surface area contributed by atoms with Crippen LogP contribution in [0.25, 0.3) is 0 Å². The lowest BCUT2D eigenvalue weighted by Gasteiger charge is -2.30. The number of carbonyl (C=O) groups excluding carboxylic acids is 2. The number of amides is 2. The fourth-order valence-electron chi connectivity index (χ4n) is 3.16. The van der Waals surface area contributed by atoms with Crippen molar-refractivity contribution >= 4 is 46.4 Å². The zero-order chi connectivity index (χ0) is 22.7. The monoisotopic (exact) mass is 474 g/mol. The van der Waals surface area contributed by atoms with Crippen molar-refractivity contribution in [3.63, 3.8) is 0 Å². The number of carbonyl (C=O) groups is 2. The Bertz CT molecular complexity index is 1170. The van der Waals surface area contributed by atoms with E-state index in [0.717, 1.165) is 5.56 Å². The molecule has 0 atom stereocenters. The molecular formula is C23H17Cl2FN2O4. The van der Waals surface area contributed by atoms with Crippen LogP contribution in [0.5, 0.6) is 11.5 Å². The molecule has 32 heavy (non-hydrogen) atoms. The summed E-state index contributed by atoms with van der Waals surface area (Å²) in [5, 5.41) is 3.48. The summed E-state index contributed by atoms with van der Waals surface area (Å²) in [5.41, 5.74) is 1.72. The maximum Gasteiger partial charge on any atom is 0.265 e. The Morgan fingerprint density at radius 3 is 2.62 bits per heavy atom. The predicted octanol–water partition coefficient (Wildman–Crippen LogP) is 5.08. The highest BCUT2D eigenvalue weighted by atomic mass is 35.5. The van der Waals surface area contributed by atoms with Gasteiger partial charge in [-0.1, -0.05) is 35.3 Å². The van der Waals surface area contributed by atoms with E-state index in [-0.39, 0.29) is 31.5 Å². The number of anilines is 2. The second-order valence-electron chi connectivity index (χ2n) is 6.99. The molecule has 9 heteroatoms. The van der Waals surface area contributed by atoms with Crippen LogP contribution >= 0.6 is 23.2 Å². The average molecular weight is 475 g/mol. The first-order valence-corrected chi connectivity index (χ1v) is 10.3. The number of halogens is 3. The standard InChI is InChI=1S/C23H17Cl2FN2O4/c24-15-3-7-20(18(25)9-15)31-12-22(29)27-17-6-8-21-19(10-17)28(23(30)13-32-21)11-14-1-4-16(26)5-2-14/h1-10H,11-13H2,(H,27,29). The van der Waals surface area contributed by atoms with Crippen LogP contribution in [-0.4, -0.2) is 25.0 Å². The van der Waals surface area contributed by atoms with Crippen LogP contribution in [0, 0.1) is 5.82 Å². The van der Waals surface area contributed by atoms with Crippen molar-refractivity contribution in [3.05, 3.63) is 82.1 Å². The molecule has 1 aliphatic rings. The third-order valence-corrected chi connectivity index (χ3v) is 5.22. The minimum absolute atomic E-state index is 0.102. The van der Waals surface area contributed by atoms with Crippen molar-refractivity contribution in [3.8, 4) is 11.5 Å². The summed E-state index contributed by atoms with van der Waals surface area (Å²) in [7, 11) is 0. The number of nitrogens with zero attached hydrogens (tertiary/aromatic N) is 1. The number of hydrogen-bond donors (Lipinski definition) is 1. The van der Waals surface area contributed by atoms with Crippen molar-refractivity contribution in [2.24, 2.45) is 0 Å². The molecule has 1 N–H and O–H groups in total. The van der Waals surface area contributed by atoms with Crippen LogP contribution in [0.15, 0.2) is 60.7 Å². The molecule has 6 nitrogen and oxygen atoms in total. The molecule has 0 unspecified atom stereocenters. The van der Waals surface area contributed by atoms with Gasteiger partial charge >= 0.3 is 0 Å². The molecule has 0 spiro atoms. The fraction of sp³-hybridized carbons (Fsp3) is 0.130. The maximum atomic E-state index is 13.2. The first-order chi connectivity index (χ1) is 15.4. The summed E-state index contributed by atoms with van der Waals surface area (Å²) in [5.74, 6) is -0.167. The molecule has 1 heterocycles. The van der Waals surface area contributed by atoms with E-state index in [1.807, 2.05) is 0 Å². The summed E-state index contributed by atoms with van der Waals surface area (Å²) in [6.45, 7) is -0.131. The van der Waals surface area contributed by atoms with Crippen LogP contribution in [0.1, 0.15) is 5.56 Å². The lowest BCUT2D eigenvalue weighted by Crippen LogP contribution is -2.38. The molecule has 0 aromatic heterocycles. The van der Waals surface area contributed by atoms with E-state index in [2.05, 4.69) is 5.32 Å². The van der Waals surface area contributed by atoms with Gasteiger partial charge in [0.05, 0.1) is 17.3 Å². The third kappa shape index (κ3) is 5.12. The quantitative estimate of drug-likeness (QED) is 0.541. The van der Waals surface area contributed by atoms with Gasteiger partial charge in [0.15, 0.2) is 13.2 Å². The second-order valence-corrected chi connectivity index (χ2v) is 7.83. The minimum atomic E-state index is -0.413. The number of ether oxygens (including phenoxy) is 2. The molecule has 0 radical (unpaired) electrons. The molecule has 0 fully saturated rings. The predicted molar refractivity (Wildman–Crippen MR) is 120 cm³/mol. The Hall–Kier alpha value is -3.29. The van der Waals surface area contributed by atoms with Gasteiger partial charge in [-0.05, 0) is 54.1 Å². The molecule has 3 aromatic rings. The van der Waals surface area contributed by atoms with Crippen LogP contribution < -0.4 is 19.7 Å². The summed E-state index contributed by atoms with van der Waals surface area (Å²) in [6.07, 6.45) is 0. The summed E-state index contributed by atoms with van der Waals surface area (Å²) in [6, 6.07) is 15.6. The van der Waals surface area contributed by atoms with Gasteiger partial charge in [0.25, 0.3) is 11.8 Å². The first kappa shape index (κ1) is 21.9. The number of rotatable bonds is 6. The molecule has 164 valence electrons. The Morgan fingerprint density at radius 2 is 1.88 bits per heavy atom. The van der Waals surface area contributed by atoms with E-state index >= 15 is 0 Å². The lowest BCUT2D eigenvalue weighted by molar-refractivity contribution is -0.121. The largest absolute Gasteiger partial charge is 0.482 e. The van der Waals surface area contributed by atoms with Crippen molar-refractivity contribution in [2.75, 3.05) is 23.4 Å². The van der Waals surface area contributed by atoms with E-state index in [1.54, 1.807) is 42.5 Å². The SMILES string of the molecule is O=C(COc1ccc(Cl)cc1Cl)Nc1ccc2c(c1)N(Cc1ccc(F)cc1)C(=O)CO2. The molecule has 1 aliphatic heterocycles. The Kier molecular flexibility index (Phi) is 6.48. The van der Waals surface area contributed by atoms with Gasteiger partial charge in [-0.2, -0.15) is 0 Å². The van der Waals surface area contributed by atoms with Crippen LogP contribution in [0.3, 0.4) is 0 Å². The number of nitrogens with one attached hydrogen (secondary N) is 1. The number of hydrogen-bond acceptors (Lipinski definition) is 4. The van der Waals surface area contributed by atoms with Gasteiger partial charge in [0.1, 0.15) is 17.3 Å². The van der Waals surface area contributed by atoms with Gasteiger partial charge in [-0.15, -0.1) is 0 Å². The van der Waals surface area contributed by atoms with E-state index in [9.17, 15) is 14.0 Å². The summed E-state index contributed by atoms with van der Waals surface area (Å²) >= 11 is 11.9. The van der Waals surface area contributed by atoms with Crippen molar-refractivity contribution < 1.29 is 23.5 Å². The highest BCUT2D eigenvalue weighted by molar-refractivity contribution is 6.35. The van der Waals surface area contributed by atoms with Crippen LogP contribution in [0.4, 0.5) is 15.8 Å². The van der Waals surface area contributed by atoms with Crippen molar-refractivity contribution in [1.82, 2.24) is 0 Å². The maximum absolute atomic E-state index is 13.2. The van der Waals surface area contributed by atoms with Gasteiger partial charge in [-0.3, -0.25) is 9.59 Å². The number of benzene rings is 3. The highest BCUT2D eigenvalue weighted by Gasteiger charge is 2.26. The normalized spacial score (nSPS) is 12.7. The Morgan fingerprint density at radius 1 is 1.09 bits per heavy atom. The topological polar surface area (TPSA) is 67.9 Å². The third-order valence-electron chi connectivity index (χ3n) is 4.69. The van der Waals surface area contributed by atoms with E-state index < -0.39 is 5.91 Å². The van der Waals surface area contributed by atoms with Crippen LogP contribution in [0.2, 0.25) is 10.0 Å². The lowest BCUT2D eigenvalue weighted by atomic mass is 10.1. The first-order valence-electron chi connectivity index (χ1n) is 9.58. The number of fused-ring (bicyclic) bond motifs is 1. The summed E-state index contributed by atoms with van der Waals surface area (Å²) in [4.78, 5) is 26.4. The molecule has 4 rings (SSSR count). The molecule has 3 aromatic carbocycles. The average Bonchev–Trinajstić information content (AvgIpc) is 2.76. The van der Waals surface area contributed by atoms with E-state index in [0.29, 0.717) is 32.9 Å². The smallest absolute Gasteiger partial charge is 0.265 e. The Balaban J connectivity index is 1.46. The summed E-state index contributed by atoms with van der Waals surface area (Å²) < 4.78 is 24.1. The molecular weight excluding hydrogens is 458 g/mol. The zero-order valence-corrected chi connectivity index (χ0v) is 18.1. The molecule has 0 saturated heterocycles. The van der Waals surface area contributed by atoms with Gasteiger partial charge in [0, 0.05) is 10.7 Å². The van der Waals surface area contributed by atoms with Gasteiger partial charge in [-0.25, -0.2) is 4.39 Å². The highest BCUT2D eigenvalue weighted by Crippen LogP contribution is 2.35. The van der Waals surface area contributed by atoms with Gasteiger partial charge in [0.2, 0.25) is 0 Å². The molecule has 0 aliphatic carbocycles. The van der Waals surface area contributed by atoms with Gasteiger partial charge < -0.3 is 19.7 Å². The Labute approximate surface area is 193 Å². The fourth-order valence-corrected chi connectivity index (χ4v) is 3.62. The van der Waals surface area contributed by atoms with Crippen molar-refractivity contribution in [2.45, 2.75) is 6.54 Å².